The maximum Gasteiger partial charge on any atom is 0.314 e. The van der Waals surface area contributed by atoms with Gasteiger partial charge in [-0.2, -0.15) is 5.10 Å². The minimum atomic E-state index is -0.496. The molecule has 0 unspecified atom stereocenters. The lowest BCUT2D eigenvalue weighted by Crippen LogP contribution is -1.94. The van der Waals surface area contributed by atoms with Gasteiger partial charge in [0, 0.05) is 15.9 Å². The number of H-pyrrole nitrogens is 1. The lowest BCUT2D eigenvalue weighted by atomic mass is 10.2. The molecule has 1 aromatic carbocycles. The molecule has 0 aliphatic heterocycles. The summed E-state index contributed by atoms with van der Waals surface area (Å²) in [5.74, 6) is 0.190. The molecule has 1 heterocycles. The van der Waals surface area contributed by atoms with Crippen LogP contribution in [-0.2, 0) is 0 Å². The number of benzene rings is 1. The van der Waals surface area contributed by atoms with Crippen molar-refractivity contribution in [3.05, 3.63) is 26.9 Å². The zero-order chi connectivity index (χ0) is 11.0. The number of nitro groups is 1. The van der Waals surface area contributed by atoms with Gasteiger partial charge in [-0.05, 0) is 15.9 Å². The Kier molecular flexibility index (Phi) is 2.31. The van der Waals surface area contributed by atoms with Crippen LogP contribution in [0.1, 0.15) is 0 Å². The molecule has 6 nitrogen and oxygen atoms in total. The maximum absolute atomic E-state index is 10.8. The molecule has 78 valence electrons. The van der Waals surface area contributed by atoms with Crippen LogP contribution < -0.4 is 4.74 Å². The molecule has 0 spiro atoms. The number of nitrogens with zero attached hydrogens (tertiary/aromatic N) is 2. The van der Waals surface area contributed by atoms with E-state index in [-0.39, 0.29) is 11.4 Å². The van der Waals surface area contributed by atoms with Gasteiger partial charge in [-0.15, -0.1) is 0 Å². The highest BCUT2D eigenvalue weighted by atomic mass is 79.9. The molecule has 0 saturated heterocycles. The van der Waals surface area contributed by atoms with Gasteiger partial charge in [0.05, 0.1) is 18.2 Å². The lowest BCUT2D eigenvalue weighted by Gasteiger charge is -2.03. The summed E-state index contributed by atoms with van der Waals surface area (Å²) in [6, 6.07) is 1.40. The molecule has 0 bridgehead atoms. The molecule has 0 fully saturated rings. The van der Waals surface area contributed by atoms with E-state index in [1.807, 2.05) is 0 Å². The zero-order valence-electron chi connectivity index (χ0n) is 7.65. The zero-order valence-corrected chi connectivity index (χ0v) is 9.24. The third kappa shape index (κ3) is 1.44. The van der Waals surface area contributed by atoms with E-state index in [9.17, 15) is 10.1 Å². The number of rotatable bonds is 2. The Balaban J connectivity index is 2.87. The van der Waals surface area contributed by atoms with Gasteiger partial charge in [0.15, 0.2) is 0 Å². The first-order valence-electron chi connectivity index (χ1n) is 3.99. The molecule has 1 aromatic heterocycles. The van der Waals surface area contributed by atoms with Crippen molar-refractivity contribution < 1.29 is 9.66 Å². The molecule has 1 N–H and O–H groups in total. The Labute approximate surface area is 92.5 Å². The van der Waals surface area contributed by atoms with Crippen molar-refractivity contribution in [3.63, 3.8) is 0 Å². The Morgan fingerprint density at radius 2 is 2.40 bits per heavy atom. The SMILES string of the molecule is COc1c([N+](=O)[O-])cc(Br)c2cn[nH]c12. The number of hydrogen-bond donors (Lipinski definition) is 1. The van der Waals surface area contributed by atoms with Gasteiger partial charge < -0.3 is 4.74 Å². The number of nitrogens with one attached hydrogen (secondary N) is 1. The van der Waals surface area contributed by atoms with E-state index in [4.69, 9.17) is 4.74 Å². The van der Waals surface area contributed by atoms with E-state index >= 15 is 0 Å². The number of ether oxygens (including phenoxy) is 1. The van der Waals surface area contributed by atoms with Gasteiger partial charge in [-0.3, -0.25) is 15.2 Å². The van der Waals surface area contributed by atoms with Crippen molar-refractivity contribution >= 4 is 32.5 Å². The highest BCUT2D eigenvalue weighted by molar-refractivity contribution is 9.10. The van der Waals surface area contributed by atoms with Crippen LogP contribution in [0.4, 0.5) is 5.69 Å². The van der Waals surface area contributed by atoms with Crippen LogP contribution >= 0.6 is 15.9 Å². The topological polar surface area (TPSA) is 81.1 Å². The van der Waals surface area contributed by atoms with Crippen LogP contribution in [-0.4, -0.2) is 22.2 Å². The monoisotopic (exact) mass is 271 g/mol. The summed E-state index contributed by atoms with van der Waals surface area (Å²) in [4.78, 5) is 10.3. The van der Waals surface area contributed by atoms with Gasteiger partial charge in [-0.25, -0.2) is 0 Å². The third-order valence-electron chi connectivity index (χ3n) is 2.02. The molecule has 7 heteroatoms. The molecule has 0 aliphatic rings. The fourth-order valence-electron chi connectivity index (χ4n) is 1.37. The first-order chi connectivity index (χ1) is 7.15. The highest BCUT2D eigenvalue weighted by Gasteiger charge is 2.21. The average molecular weight is 272 g/mol. The van der Waals surface area contributed by atoms with Crippen LogP contribution in [0.15, 0.2) is 16.7 Å². The lowest BCUT2D eigenvalue weighted by molar-refractivity contribution is -0.385. The first-order valence-corrected chi connectivity index (χ1v) is 4.78. The second-order valence-corrected chi connectivity index (χ2v) is 3.68. The van der Waals surface area contributed by atoms with Crippen molar-refractivity contribution in [3.8, 4) is 5.75 Å². The number of halogens is 1. The van der Waals surface area contributed by atoms with Gasteiger partial charge in [0.1, 0.15) is 5.52 Å². The molecule has 0 radical (unpaired) electrons. The Morgan fingerprint density at radius 1 is 1.67 bits per heavy atom. The van der Waals surface area contributed by atoms with Crippen LogP contribution in [0.3, 0.4) is 0 Å². The Morgan fingerprint density at radius 3 is 3.00 bits per heavy atom. The van der Waals surface area contributed by atoms with Crippen molar-refractivity contribution in [1.82, 2.24) is 10.2 Å². The summed E-state index contributed by atoms with van der Waals surface area (Å²) in [7, 11) is 1.39. The van der Waals surface area contributed by atoms with Crippen LogP contribution in [0.5, 0.6) is 5.75 Å². The number of aromatic nitrogens is 2. The minimum absolute atomic E-state index is 0.0962. The molecule has 0 aliphatic carbocycles. The molecular weight excluding hydrogens is 266 g/mol. The molecule has 0 amide bonds. The third-order valence-corrected chi connectivity index (χ3v) is 2.68. The molecular formula is C8H6BrN3O3. The smallest absolute Gasteiger partial charge is 0.314 e. The maximum atomic E-state index is 10.8. The average Bonchev–Trinajstić information content (AvgIpc) is 2.66. The van der Waals surface area contributed by atoms with E-state index < -0.39 is 4.92 Å². The second-order valence-electron chi connectivity index (χ2n) is 2.83. The standard InChI is InChI=1S/C8H6BrN3O3/c1-15-8-6(12(13)14)2-5(9)4-3-10-11-7(4)8/h2-3H,1H3,(H,10,11). The predicted octanol–water partition coefficient (Wildman–Crippen LogP) is 2.24. The first kappa shape index (κ1) is 9.91. The summed E-state index contributed by atoms with van der Waals surface area (Å²) < 4.78 is 5.61. The summed E-state index contributed by atoms with van der Waals surface area (Å²) in [5.41, 5.74) is 0.416. The molecule has 0 saturated carbocycles. The largest absolute Gasteiger partial charge is 0.489 e. The molecule has 2 rings (SSSR count). The van der Waals surface area contributed by atoms with Gasteiger partial charge in [0.2, 0.25) is 5.75 Å². The van der Waals surface area contributed by atoms with Crippen molar-refractivity contribution in [2.75, 3.05) is 7.11 Å². The van der Waals surface area contributed by atoms with Gasteiger partial charge in [-0.1, -0.05) is 0 Å². The van der Waals surface area contributed by atoms with Crippen LogP contribution in [0.2, 0.25) is 0 Å². The number of aromatic amines is 1. The Bertz CT molecular complexity index is 537. The van der Waals surface area contributed by atoms with E-state index in [0.717, 1.165) is 5.39 Å². The van der Waals surface area contributed by atoms with Gasteiger partial charge in [0.25, 0.3) is 0 Å². The number of hydrogen-bond acceptors (Lipinski definition) is 4. The van der Waals surface area contributed by atoms with Crippen LogP contribution in [0, 0.1) is 10.1 Å². The predicted molar refractivity (Wildman–Crippen MR) is 57.0 cm³/mol. The number of nitro benzene ring substituents is 1. The molecule has 2 aromatic rings. The number of fused-ring (bicyclic) bond motifs is 1. The second kappa shape index (κ2) is 3.50. The molecule has 15 heavy (non-hydrogen) atoms. The van der Waals surface area contributed by atoms with E-state index in [0.29, 0.717) is 9.99 Å². The summed E-state index contributed by atoms with van der Waals surface area (Å²) in [6.07, 6.45) is 1.58. The summed E-state index contributed by atoms with van der Waals surface area (Å²) in [5, 5.41) is 18.0. The van der Waals surface area contributed by atoms with Crippen LogP contribution in [0.25, 0.3) is 10.9 Å². The van der Waals surface area contributed by atoms with Crippen molar-refractivity contribution in [2.45, 2.75) is 0 Å². The van der Waals surface area contributed by atoms with E-state index in [2.05, 4.69) is 26.1 Å². The fraction of sp³-hybridized carbons (Fsp3) is 0.125. The highest BCUT2D eigenvalue weighted by Crippen LogP contribution is 2.38. The Hall–Kier alpha value is -1.63. The minimum Gasteiger partial charge on any atom is -0.489 e. The fourth-order valence-corrected chi connectivity index (χ4v) is 1.89. The van der Waals surface area contributed by atoms with E-state index in [1.165, 1.54) is 13.2 Å². The summed E-state index contributed by atoms with van der Waals surface area (Å²) >= 11 is 3.24. The van der Waals surface area contributed by atoms with E-state index in [1.54, 1.807) is 6.20 Å². The van der Waals surface area contributed by atoms with Crippen molar-refractivity contribution in [1.29, 1.82) is 0 Å². The molecule has 0 atom stereocenters. The van der Waals surface area contributed by atoms with Crippen molar-refractivity contribution in [2.24, 2.45) is 0 Å². The normalized spacial score (nSPS) is 10.5. The quantitative estimate of drug-likeness (QED) is 0.671. The summed E-state index contributed by atoms with van der Waals surface area (Å²) in [6.45, 7) is 0. The number of methoxy groups -OCH3 is 1. The van der Waals surface area contributed by atoms with Gasteiger partial charge >= 0.3 is 5.69 Å².